The van der Waals surface area contributed by atoms with E-state index in [0.29, 0.717) is 0 Å². The van der Waals surface area contributed by atoms with Crippen LogP contribution >= 0.6 is 0 Å². The normalized spacial score (nSPS) is 12.5. The van der Waals surface area contributed by atoms with Crippen LogP contribution in [0.4, 0.5) is 0 Å². The van der Waals surface area contributed by atoms with Crippen LogP contribution in [0.1, 0.15) is 30.0 Å². The molecule has 0 saturated heterocycles. The second-order valence-corrected chi connectivity index (χ2v) is 4.15. The van der Waals surface area contributed by atoms with E-state index in [2.05, 4.69) is 29.7 Å². The molecule has 2 rings (SSSR count). The molecular formula is C14H18N2O. The highest BCUT2D eigenvalue weighted by Crippen LogP contribution is 2.19. The molecule has 1 unspecified atom stereocenters. The molecule has 0 radical (unpaired) electrons. The third-order valence-electron chi connectivity index (χ3n) is 2.95. The van der Waals surface area contributed by atoms with Gasteiger partial charge in [0.05, 0.1) is 12.5 Å². The summed E-state index contributed by atoms with van der Waals surface area (Å²) in [5.41, 5.74) is 5.31. The Balaban J connectivity index is 1.81. The van der Waals surface area contributed by atoms with Crippen LogP contribution in [0.2, 0.25) is 0 Å². The van der Waals surface area contributed by atoms with Crippen LogP contribution in [0.15, 0.2) is 53.3 Å². The summed E-state index contributed by atoms with van der Waals surface area (Å²) in [6, 6.07) is 12.6. The summed E-state index contributed by atoms with van der Waals surface area (Å²) in [6.45, 7) is 0. The number of furan rings is 1. The largest absolute Gasteiger partial charge is 0.472 e. The third kappa shape index (κ3) is 3.44. The molecule has 0 spiro atoms. The van der Waals surface area contributed by atoms with E-state index < -0.39 is 0 Å². The van der Waals surface area contributed by atoms with Crippen molar-refractivity contribution in [3.63, 3.8) is 0 Å². The minimum atomic E-state index is 0.178. The number of nitrogens with two attached hydrogens (primary N) is 1. The van der Waals surface area contributed by atoms with Crippen LogP contribution < -0.4 is 11.3 Å². The Hall–Kier alpha value is -1.58. The molecule has 2 aromatic rings. The number of rotatable bonds is 6. The topological polar surface area (TPSA) is 51.2 Å². The molecule has 0 aliphatic heterocycles. The first kappa shape index (κ1) is 11.9. The van der Waals surface area contributed by atoms with Crippen molar-refractivity contribution in [1.29, 1.82) is 0 Å². The molecule has 1 heterocycles. The van der Waals surface area contributed by atoms with Crippen molar-refractivity contribution in [2.24, 2.45) is 5.84 Å². The zero-order valence-corrected chi connectivity index (χ0v) is 9.80. The van der Waals surface area contributed by atoms with Crippen LogP contribution in [0, 0.1) is 0 Å². The van der Waals surface area contributed by atoms with E-state index in [0.717, 1.165) is 24.8 Å². The maximum atomic E-state index is 5.55. The average molecular weight is 230 g/mol. The molecule has 1 aromatic carbocycles. The van der Waals surface area contributed by atoms with Crippen LogP contribution in [-0.4, -0.2) is 0 Å². The van der Waals surface area contributed by atoms with Crippen LogP contribution in [-0.2, 0) is 6.42 Å². The van der Waals surface area contributed by atoms with Gasteiger partial charge < -0.3 is 4.42 Å². The molecule has 0 fully saturated rings. The smallest absolute Gasteiger partial charge is 0.0950 e. The standard InChI is InChI=1S/C14H18N2O/c15-16-14(13-9-10-17-11-13)8-4-7-12-5-2-1-3-6-12/h1-3,5-6,9-11,14,16H,4,7-8,15H2. The predicted octanol–water partition coefficient (Wildman–Crippen LogP) is 2.81. The quantitative estimate of drug-likeness (QED) is 0.592. The van der Waals surface area contributed by atoms with Gasteiger partial charge in [-0.15, -0.1) is 0 Å². The van der Waals surface area contributed by atoms with Gasteiger partial charge in [0, 0.05) is 11.6 Å². The summed E-state index contributed by atoms with van der Waals surface area (Å²) < 4.78 is 5.07. The van der Waals surface area contributed by atoms with E-state index in [9.17, 15) is 0 Å². The molecule has 3 nitrogen and oxygen atoms in total. The molecule has 1 atom stereocenters. The van der Waals surface area contributed by atoms with Gasteiger partial charge in [0.15, 0.2) is 0 Å². The van der Waals surface area contributed by atoms with E-state index >= 15 is 0 Å². The zero-order valence-electron chi connectivity index (χ0n) is 9.80. The monoisotopic (exact) mass is 230 g/mol. The molecule has 0 amide bonds. The Kier molecular flexibility index (Phi) is 4.36. The Morgan fingerprint density at radius 1 is 1.18 bits per heavy atom. The van der Waals surface area contributed by atoms with Crippen LogP contribution in [0.5, 0.6) is 0 Å². The van der Waals surface area contributed by atoms with Gasteiger partial charge in [-0.3, -0.25) is 11.3 Å². The van der Waals surface area contributed by atoms with E-state index in [4.69, 9.17) is 10.3 Å². The molecule has 0 bridgehead atoms. The van der Waals surface area contributed by atoms with Gasteiger partial charge >= 0.3 is 0 Å². The van der Waals surface area contributed by atoms with Gasteiger partial charge in [-0.2, -0.15) is 0 Å². The molecular weight excluding hydrogens is 212 g/mol. The summed E-state index contributed by atoms with van der Waals surface area (Å²) in [5.74, 6) is 5.55. The van der Waals surface area contributed by atoms with Gasteiger partial charge in [0.1, 0.15) is 0 Å². The van der Waals surface area contributed by atoms with E-state index in [1.165, 1.54) is 5.56 Å². The van der Waals surface area contributed by atoms with Gasteiger partial charge in [0.2, 0.25) is 0 Å². The van der Waals surface area contributed by atoms with E-state index in [-0.39, 0.29) is 6.04 Å². The molecule has 0 aliphatic rings. The first-order valence-corrected chi connectivity index (χ1v) is 5.92. The van der Waals surface area contributed by atoms with Crippen LogP contribution in [0.3, 0.4) is 0 Å². The van der Waals surface area contributed by atoms with Crippen LogP contribution in [0.25, 0.3) is 0 Å². The summed E-state index contributed by atoms with van der Waals surface area (Å²) in [5, 5.41) is 0. The Labute approximate surface area is 102 Å². The molecule has 17 heavy (non-hydrogen) atoms. The van der Waals surface area contributed by atoms with Crippen molar-refractivity contribution < 1.29 is 4.42 Å². The number of nitrogens with one attached hydrogen (secondary N) is 1. The fourth-order valence-electron chi connectivity index (χ4n) is 1.97. The third-order valence-corrected chi connectivity index (χ3v) is 2.95. The zero-order chi connectivity index (χ0) is 11.9. The maximum Gasteiger partial charge on any atom is 0.0950 e. The molecule has 0 aliphatic carbocycles. The average Bonchev–Trinajstić information content (AvgIpc) is 2.90. The Bertz CT molecular complexity index is 411. The summed E-state index contributed by atoms with van der Waals surface area (Å²) in [4.78, 5) is 0. The summed E-state index contributed by atoms with van der Waals surface area (Å²) in [6.07, 6.45) is 6.61. The summed E-state index contributed by atoms with van der Waals surface area (Å²) >= 11 is 0. The molecule has 90 valence electrons. The fourth-order valence-corrected chi connectivity index (χ4v) is 1.97. The van der Waals surface area contributed by atoms with Crippen molar-refractivity contribution in [3.05, 3.63) is 60.1 Å². The number of benzene rings is 1. The fraction of sp³-hybridized carbons (Fsp3) is 0.286. The minimum Gasteiger partial charge on any atom is -0.472 e. The minimum absolute atomic E-state index is 0.178. The highest BCUT2D eigenvalue weighted by molar-refractivity contribution is 5.15. The summed E-state index contributed by atoms with van der Waals surface area (Å²) in [7, 11) is 0. The molecule has 1 aromatic heterocycles. The predicted molar refractivity (Wildman–Crippen MR) is 68.2 cm³/mol. The lowest BCUT2D eigenvalue weighted by molar-refractivity contribution is 0.487. The lowest BCUT2D eigenvalue weighted by Gasteiger charge is -2.13. The number of hydrogen-bond donors (Lipinski definition) is 2. The molecule has 0 saturated carbocycles. The van der Waals surface area contributed by atoms with Crippen molar-refractivity contribution in [3.8, 4) is 0 Å². The highest BCUT2D eigenvalue weighted by atomic mass is 16.3. The first-order chi connectivity index (χ1) is 8.40. The van der Waals surface area contributed by atoms with E-state index in [1.807, 2.05) is 12.1 Å². The highest BCUT2D eigenvalue weighted by Gasteiger charge is 2.10. The SMILES string of the molecule is NNC(CCCc1ccccc1)c1ccoc1. The maximum absolute atomic E-state index is 5.55. The van der Waals surface area contributed by atoms with Crippen molar-refractivity contribution in [2.45, 2.75) is 25.3 Å². The first-order valence-electron chi connectivity index (χ1n) is 5.92. The number of aryl methyl sites for hydroxylation is 1. The number of hydrazine groups is 1. The van der Waals surface area contributed by atoms with Gasteiger partial charge in [-0.05, 0) is 30.9 Å². The van der Waals surface area contributed by atoms with Gasteiger partial charge in [-0.1, -0.05) is 30.3 Å². The Morgan fingerprint density at radius 2 is 2.00 bits per heavy atom. The number of hydrogen-bond acceptors (Lipinski definition) is 3. The lowest BCUT2D eigenvalue weighted by Crippen LogP contribution is -2.27. The Morgan fingerprint density at radius 3 is 2.65 bits per heavy atom. The second-order valence-electron chi connectivity index (χ2n) is 4.15. The second kappa shape index (κ2) is 6.23. The van der Waals surface area contributed by atoms with Gasteiger partial charge in [-0.25, -0.2) is 0 Å². The van der Waals surface area contributed by atoms with Gasteiger partial charge in [0.25, 0.3) is 0 Å². The van der Waals surface area contributed by atoms with Crippen molar-refractivity contribution in [1.82, 2.24) is 5.43 Å². The van der Waals surface area contributed by atoms with Crippen molar-refractivity contribution in [2.75, 3.05) is 0 Å². The molecule has 3 N–H and O–H groups in total. The van der Waals surface area contributed by atoms with Crippen molar-refractivity contribution >= 4 is 0 Å². The lowest BCUT2D eigenvalue weighted by atomic mass is 10.0. The van der Waals surface area contributed by atoms with E-state index in [1.54, 1.807) is 12.5 Å². The molecule has 3 heteroatoms.